The number of piperazine rings is 1. The number of hydrogen-bond donors (Lipinski definition) is 0. The average Bonchev–Trinajstić information content (AvgIpc) is 2.68. The van der Waals surface area contributed by atoms with Gasteiger partial charge >= 0.3 is 6.09 Å². The van der Waals surface area contributed by atoms with E-state index >= 15 is 0 Å². The van der Waals surface area contributed by atoms with Gasteiger partial charge in [-0.05, 0) is 32.9 Å². The minimum Gasteiger partial charge on any atom is -0.450 e. The van der Waals surface area contributed by atoms with E-state index in [9.17, 15) is 14.4 Å². The maximum atomic E-state index is 12.7. The third kappa shape index (κ3) is 4.50. The van der Waals surface area contributed by atoms with Crippen LogP contribution in [0.2, 0.25) is 0 Å². The molecular formula is C18H26N4O4. The molecule has 26 heavy (non-hydrogen) atoms. The fourth-order valence-electron chi connectivity index (χ4n) is 2.84. The van der Waals surface area contributed by atoms with Gasteiger partial charge in [-0.25, -0.2) is 4.79 Å². The molecular weight excluding hydrogens is 336 g/mol. The van der Waals surface area contributed by atoms with Gasteiger partial charge in [-0.3, -0.25) is 14.6 Å². The van der Waals surface area contributed by atoms with E-state index in [-0.39, 0.29) is 23.6 Å². The van der Waals surface area contributed by atoms with E-state index in [0.717, 1.165) is 0 Å². The molecule has 8 heteroatoms. The van der Waals surface area contributed by atoms with Crippen LogP contribution in [0.4, 0.5) is 4.79 Å². The highest BCUT2D eigenvalue weighted by molar-refractivity contribution is 5.98. The first-order chi connectivity index (χ1) is 12.5. The Balaban J connectivity index is 2.03. The summed E-state index contributed by atoms with van der Waals surface area (Å²) in [5.74, 6) is -0.346. The summed E-state index contributed by atoms with van der Waals surface area (Å²) < 4.78 is 4.98. The molecule has 1 saturated heterocycles. The van der Waals surface area contributed by atoms with Crippen LogP contribution >= 0.6 is 0 Å². The molecule has 0 spiro atoms. The molecule has 1 aliphatic heterocycles. The van der Waals surface area contributed by atoms with Crippen LogP contribution in [0, 0.1) is 0 Å². The average molecular weight is 362 g/mol. The second-order valence-corrected chi connectivity index (χ2v) is 5.89. The van der Waals surface area contributed by atoms with Crippen molar-refractivity contribution in [2.75, 3.05) is 45.9 Å². The minimum atomic E-state index is -0.357. The van der Waals surface area contributed by atoms with Gasteiger partial charge in [-0.15, -0.1) is 0 Å². The highest BCUT2D eigenvalue weighted by atomic mass is 16.6. The monoisotopic (exact) mass is 362 g/mol. The Kier molecular flexibility index (Phi) is 6.94. The number of amides is 3. The number of aromatic nitrogens is 1. The van der Waals surface area contributed by atoms with Gasteiger partial charge in [-0.1, -0.05) is 0 Å². The fraction of sp³-hybridized carbons (Fsp3) is 0.556. The lowest BCUT2D eigenvalue weighted by Crippen LogP contribution is -2.50. The van der Waals surface area contributed by atoms with Crippen LogP contribution < -0.4 is 0 Å². The Hall–Kier alpha value is -2.64. The SMILES string of the molecule is CCOC(=O)N1CCN(C(=O)c2cc(C(=O)N(CC)CC)ccn2)CC1. The van der Waals surface area contributed by atoms with Gasteiger partial charge in [0.05, 0.1) is 6.61 Å². The Bertz CT molecular complexity index is 652. The van der Waals surface area contributed by atoms with Crippen molar-refractivity contribution >= 4 is 17.9 Å². The van der Waals surface area contributed by atoms with Crippen molar-refractivity contribution in [1.82, 2.24) is 19.7 Å². The first-order valence-electron chi connectivity index (χ1n) is 8.98. The van der Waals surface area contributed by atoms with Crippen LogP contribution in [0.25, 0.3) is 0 Å². The summed E-state index contributed by atoms with van der Waals surface area (Å²) in [6, 6.07) is 3.16. The third-order valence-corrected chi connectivity index (χ3v) is 4.37. The van der Waals surface area contributed by atoms with Crippen LogP contribution in [0.5, 0.6) is 0 Å². The van der Waals surface area contributed by atoms with E-state index in [4.69, 9.17) is 4.74 Å². The van der Waals surface area contributed by atoms with Crippen molar-refractivity contribution < 1.29 is 19.1 Å². The molecule has 1 aromatic rings. The Morgan fingerprint density at radius 1 is 1.08 bits per heavy atom. The van der Waals surface area contributed by atoms with Crippen molar-refractivity contribution in [3.63, 3.8) is 0 Å². The van der Waals surface area contributed by atoms with Crippen molar-refractivity contribution in [2.45, 2.75) is 20.8 Å². The number of carbonyl (C=O) groups is 3. The summed E-state index contributed by atoms with van der Waals surface area (Å²) >= 11 is 0. The first kappa shape index (κ1) is 19.7. The third-order valence-electron chi connectivity index (χ3n) is 4.37. The van der Waals surface area contributed by atoms with Gasteiger partial charge in [0.15, 0.2) is 0 Å². The molecule has 0 atom stereocenters. The van der Waals surface area contributed by atoms with E-state index in [1.165, 1.54) is 6.20 Å². The summed E-state index contributed by atoms with van der Waals surface area (Å²) in [4.78, 5) is 45.9. The summed E-state index contributed by atoms with van der Waals surface area (Å²) in [6.07, 6.45) is 1.13. The number of nitrogens with zero attached hydrogens (tertiary/aromatic N) is 4. The number of ether oxygens (including phenoxy) is 1. The van der Waals surface area contributed by atoms with Crippen LogP contribution in [0.15, 0.2) is 18.3 Å². The summed E-state index contributed by atoms with van der Waals surface area (Å²) in [5.41, 5.74) is 0.699. The molecule has 0 aromatic carbocycles. The molecule has 0 saturated carbocycles. The van der Waals surface area contributed by atoms with Crippen LogP contribution in [-0.4, -0.2) is 83.5 Å². The van der Waals surface area contributed by atoms with E-state index in [2.05, 4.69) is 4.98 Å². The standard InChI is InChI=1S/C18H26N4O4/c1-4-20(5-2)16(23)14-7-8-19-15(13-14)17(24)21-9-11-22(12-10-21)18(25)26-6-3/h7-8,13H,4-6,9-12H2,1-3H3. The molecule has 8 nitrogen and oxygen atoms in total. The second-order valence-electron chi connectivity index (χ2n) is 5.89. The van der Waals surface area contributed by atoms with E-state index in [0.29, 0.717) is 51.4 Å². The molecule has 3 amide bonds. The molecule has 142 valence electrons. The Labute approximate surface area is 153 Å². The largest absolute Gasteiger partial charge is 0.450 e. The number of pyridine rings is 1. The minimum absolute atomic E-state index is 0.112. The quantitative estimate of drug-likeness (QED) is 0.792. The van der Waals surface area contributed by atoms with E-state index in [1.807, 2.05) is 13.8 Å². The normalized spacial score (nSPS) is 14.1. The molecule has 1 fully saturated rings. The van der Waals surface area contributed by atoms with Gasteiger partial charge in [0, 0.05) is 51.0 Å². The summed E-state index contributed by atoms with van der Waals surface area (Å²) in [5, 5.41) is 0. The molecule has 1 aromatic heterocycles. The van der Waals surface area contributed by atoms with Crippen molar-refractivity contribution in [1.29, 1.82) is 0 Å². The maximum Gasteiger partial charge on any atom is 0.409 e. The zero-order valence-electron chi connectivity index (χ0n) is 15.6. The molecule has 0 N–H and O–H groups in total. The molecule has 1 aliphatic rings. The molecule has 0 unspecified atom stereocenters. The van der Waals surface area contributed by atoms with Crippen LogP contribution in [0.3, 0.4) is 0 Å². The summed E-state index contributed by atoms with van der Waals surface area (Å²) in [6.45, 7) is 8.79. The van der Waals surface area contributed by atoms with E-state index < -0.39 is 0 Å². The van der Waals surface area contributed by atoms with Crippen molar-refractivity contribution in [3.05, 3.63) is 29.6 Å². The lowest BCUT2D eigenvalue weighted by atomic mass is 10.1. The number of hydrogen-bond acceptors (Lipinski definition) is 5. The fourth-order valence-corrected chi connectivity index (χ4v) is 2.84. The van der Waals surface area contributed by atoms with Gasteiger partial charge < -0.3 is 19.4 Å². The first-order valence-corrected chi connectivity index (χ1v) is 8.98. The molecule has 2 rings (SSSR count). The smallest absolute Gasteiger partial charge is 0.409 e. The summed E-state index contributed by atoms with van der Waals surface area (Å²) in [7, 11) is 0. The predicted molar refractivity (Wildman–Crippen MR) is 96.0 cm³/mol. The van der Waals surface area contributed by atoms with Gasteiger partial charge in [0.2, 0.25) is 0 Å². The van der Waals surface area contributed by atoms with Crippen molar-refractivity contribution in [3.8, 4) is 0 Å². The topological polar surface area (TPSA) is 83.0 Å². The predicted octanol–water partition coefficient (Wildman–Crippen LogP) is 1.48. The lowest BCUT2D eigenvalue weighted by molar-refractivity contribution is 0.0566. The van der Waals surface area contributed by atoms with Crippen molar-refractivity contribution in [2.24, 2.45) is 0 Å². The Morgan fingerprint density at radius 2 is 1.69 bits per heavy atom. The second kappa shape index (κ2) is 9.17. The molecule has 0 radical (unpaired) electrons. The zero-order valence-corrected chi connectivity index (χ0v) is 15.6. The van der Waals surface area contributed by atoms with E-state index in [1.54, 1.807) is 33.8 Å². The molecule has 0 aliphatic carbocycles. The lowest BCUT2D eigenvalue weighted by Gasteiger charge is -2.33. The Morgan fingerprint density at radius 3 is 2.27 bits per heavy atom. The number of rotatable bonds is 5. The maximum absolute atomic E-state index is 12.7. The van der Waals surface area contributed by atoms with Crippen LogP contribution in [-0.2, 0) is 4.74 Å². The van der Waals surface area contributed by atoms with Crippen LogP contribution in [0.1, 0.15) is 41.6 Å². The molecule has 0 bridgehead atoms. The number of carbonyl (C=O) groups excluding carboxylic acids is 3. The van der Waals surface area contributed by atoms with Gasteiger partial charge in [0.1, 0.15) is 5.69 Å². The van der Waals surface area contributed by atoms with Gasteiger partial charge in [-0.2, -0.15) is 0 Å². The zero-order chi connectivity index (χ0) is 19.1. The highest BCUT2D eigenvalue weighted by Gasteiger charge is 2.26. The molecule has 2 heterocycles. The van der Waals surface area contributed by atoms with Gasteiger partial charge in [0.25, 0.3) is 11.8 Å². The highest BCUT2D eigenvalue weighted by Crippen LogP contribution is 2.11.